The molecule has 0 aliphatic heterocycles. The molecule has 0 aromatic heterocycles. The molecule has 1 saturated carbocycles. The van der Waals surface area contributed by atoms with Crippen molar-refractivity contribution >= 4 is 9.24 Å². The van der Waals surface area contributed by atoms with Crippen molar-refractivity contribution < 1.29 is 0 Å². The second-order valence-corrected chi connectivity index (χ2v) is 3.50. The van der Waals surface area contributed by atoms with Crippen molar-refractivity contribution in [2.45, 2.75) is 31.0 Å². The van der Waals surface area contributed by atoms with Crippen molar-refractivity contribution in [3.05, 3.63) is 0 Å². The van der Waals surface area contributed by atoms with Gasteiger partial charge in [0.05, 0.1) is 0 Å². The fourth-order valence-electron chi connectivity index (χ4n) is 1.28. The lowest BCUT2D eigenvalue weighted by molar-refractivity contribution is 0.583. The lowest BCUT2D eigenvalue weighted by Gasteiger charge is -2.04. The van der Waals surface area contributed by atoms with Crippen LogP contribution in [0.3, 0.4) is 0 Å². The second-order valence-electron chi connectivity index (χ2n) is 2.56. The molecule has 1 N–H and O–H groups in total. The quantitative estimate of drug-likeness (QED) is 0.523. The minimum atomic E-state index is 0.803. The molecule has 3 atom stereocenters. The van der Waals surface area contributed by atoms with Gasteiger partial charge >= 0.3 is 0 Å². The zero-order chi connectivity index (χ0) is 5.98. The first kappa shape index (κ1) is 6.51. The fourth-order valence-corrected chi connectivity index (χ4v) is 1.80. The van der Waals surface area contributed by atoms with E-state index in [-0.39, 0.29) is 0 Å². The van der Waals surface area contributed by atoms with E-state index in [0.29, 0.717) is 0 Å². The molecule has 2 heteroatoms. The molecule has 0 aromatic carbocycles. The molecule has 1 rings (SSSR count). The molecule has 1 aliphatic carbocycles. The molecule has 3 unspecified atom stereocenters. The molecule has 48 valence electrons. The van der Waals surface area contributed by atoms with Crippen LogP contribution in [0, 0.1) is 0 Å². The normalized spacial score (nSPS) is 38.2. The minimum Gasteiger partial charge on any atom is -0.317 e. The lowest BCUT2D eigenvalue weighted by atomic mass is 10.3. The van der Waals surface area contributed by atoms with E-state index in [9.17, 15) is 0 Å². The van der Waals surface area contributed by atoms with Gasteiger partial charge in [-0.15, -0.1) is 9.24 Å². The Morgan fingerprint density at radius 3 is 2.50 bits per heavy atom. The van der Waals surface area contributed by atoms with E-state index < -0.39 is 0 Å². The van der Waals surface area contributed by atoms with Crippen molar-refractivity contribution in [2.75, 3.05) is 7.05 Å². The standard InChI is InChI=1S/C6H14NP/c1-7-5-2-3-6(8)4-5/h5-7H,2-4,8H2,1H3. The van der Waals surface area contributed by atoms with Crippen LogP contribution < -0.4 is 5.32 Å². The maximum absolute atomic E-state index is 3.28. The molecular weight excluding hydrogens is 117 g/mol. The smallest absolute Gasteiger partial charge is 0.00701 e. The van der Waals surface area contributed by atoms with Gasteiger partial charge in [0.15, 0.2) is 0 Å². The third-order valence-electron chi connectivity index (χ3n) is 1.88. The zero-order valence-corrected chi connectivity index (χ0v) is 6.51. The Morgan fingerprint density at radius 2 is 2.25 bits per heavy atom. The average Bonchev–Trinajstić information content (AvgIpc) is 2.14. The summed E-state index contributed by atoms with van der Waals surface area (Å²) in [4.78, 5) is 0. The number of nitrogens with one attached hydrogen (secondary N) is 1. The monoisotopic (exact) mass is 131 g/mol. The van der Waals surface area contributed by atoms with Crippen LogP contribution in [0.1, 0.15) is 19.3 Å². The molecule has 0 spiro atoms. The van der Waals surface area contributed by atoms with Gasteiger partial charge in [0.2, 0.25) is 0 Å². The van der Waals surface area contributed by atoms with Crippen molar-refractivity contribution in [2.24, 2.45) is 0 Å². The maximum Gasteiger partial charge on any atom is 0.00701 e. The van der Waals surface area contributed by atoms with E-state index in [0.717, 1.165) is 11.7 Å². The van der Waals surface area contributed by atoms with Gasteiger partial charge in [-0.2, -0.15) is 0 Å². The Hall–Kier alpha value is 0.390. The SMILES string of the molecule is CNC1CCC(P)C1. The van der Waals surface area contributed by atoms with E-state index >= 15 is 0 Å². The van der Waals surface area contributed by atoms with Gasteiger partial charge in [0.1, 0.15) is 0 Å². The molecule has 8 heavy (non-hydrogen) atoms. The molecule has 0 aromatic rings. The van der Waals surface area contributed by atoms with E-state index in [1.807, 2.05) is 7.05 Å². The average molecular weight is 131 g/mol. The first-order chi connectivity index (χ1) is 3.83. The van der Waals surface area contributed by atoms with Gasteiger partial charge in [-0.3, -0.25) is 0 Å². The Labute approximate surface area is 53.4 Å². The van der Waals surface area contributed by atoms with Crippen molar-refractivity contribution in [3.63, 3.8) is 0 Å². The van der Waals surface area contributed by atoms with Crippen LogP contribution in [0.4, 0.5) is 0 Å². The Balaban J connectivity index is 2.22. The summed E-state index contributed by atoms with van der Waals surface area (Å²) in [5.41, 5.74) is 0.882. The number of rotatable bonds is 1. The van der Waals surface area contributed by atoms with Gasteiger partial charge in [-0.25, -0.2) is 0 Å². The van der Waals surface area contributed by atoms with Gasteiger partial charge in [-0.1, -0.05) is 0 Å². The summed E-state index contributed by atoms with van der Waals surface area (Å²) in [7, 11) is 4.93. The summed E-state index contributed by atoms with van der Waals surface area (Å²) < 4.78 is 0. The van der Waals surface area contributed by atoms with Crippen molar-refractivity contribution in [3.8, 4) is 0 Å². The molecule has 0 heterocycles. The van der Waals surface area contributed by atoms with E-state index in [4.69, 9.17) is 0 Å². The van der Waals surface area contributed by atoms with Gasteiger partial charge in [-0.05, 0) is 32.0 Å². The fraction of sp³-hybridized carbons (Fsp3) is 1.00. The number of hydrogen-bond donors (Lipinski definition) is 1. The summed E-state index contributed by atoms with van der Waals surface area (Å²) >= 11 is 0. The van der Waals surface area contributed by atoms with Crippen LogP contribution in [0.15, 0.2) is 0 Å². The van der Waals surface area contributed by atoms with Gasteiger partial charge in [0, 0.05) is 6.04 Å². The maximum atomic E-state index is 3.28. The summed E-state index contributed by atoms with van der Waals surface area (Å²) in [5, 5.41) is 3.28. The van der Waals surface area contributed by atoms with E-state index in [1.54, 1.807) is 0 Å². The zero-order valence-electron chi connectivity index (χ0n) is 5.35. The molecule has 1 aliphatic rings. The van der Waals surface area contributed by atoms with Gasteiger partial charge in [0.25, 0.3) is 0 Å². The van der Waals surface area contributed by atoms with E-state index in [1.165, 1.54) is 19.3 Å². The van der Waals surface area contributed by atoms with Crippen LogP contribution in [0.25, 0.3) is 0 Å². The van der Waals surface area contributed by atoms with Crippen LogP contribution in [0.5, 0.6) is 0 Å². The first-order valence-electron chi connectivity index (χ1n) is 3.26. The highest BCUT2D eigenvalue weighted by molar-refractivity contribution is 7.17. The third kappa shape index (κ3) is 1.43. The third-order valence-corrected chi connectivity index (χ3v) is 2.49. The molecule has 0 amide bonds. The second kappa shape index (κ2) is 2.80. The van der Waals surface area contributed by atoms with Crippen LogP contribution >= 0.6 is 9.24 Å². The minimum absolute atomic E-state index is 0.803. The van der Waals surface area contributed by atoms with Crippen LogP contribution in [0.2, 0.25) is 0 Å². The largest absolute Gasteiger partial charge is 0.317 e. The molecule has 1 fully saturated rings. The Bertz CT molecular complexity index is 74.9. The molecule has 1 nitrogen and oxygen atoms in total. The van der Waals surface area contributed by atoms with E-state index in [2.05, 4.69) is 14.6 Å². The molecule has 0 radical (unpaired) electrons. The highest BCUT2D eigenvalue weighted by Crippen LogP contribution is 2.24. The van der Waals surface area contributed by atoms with Gasteiger partial charge < -0.3 is 5.32 Å². The van der Waals surface area contributed by atoms with Crippen molar-refractivity contribution in [1.29, 1.82) is 0 Å². The topological polar surface area (TPSA) is 12.0 Å². The summed E-state index contributed by atoms with van der Waals surface area (Å²) in [6, 6.07) is 0.803. The molecule has 0 bridgehead atoms. The Kier molecular flexibility index (Phi) is 2.27. The summed E-state index contributed by atoms with van der Waals surface area (Å²) in [5.74, 6) is 0. The molecule has 0 saturated heterocycles. The lowest BCUT2D eigenvalue weighted by Crippen LogP contribution is -2.21. The van der Waals surface area contributed by atoms with Crippen LogP contribution in [-0.4, -0.2) is 18.7 Å². The predicted molar refractivity (Wildman–Crippen MR) is 40.2 cm³/mol. The molecular formula is C6H14NP. The van der Waals surface area contributed by atoms with Crippen LogP contribution in [-0.2, 0) is 0 Å². The van der Waals surface area contributed by atoms with Crippen molar-refractivity contribution in [1.82, 2.24) is 5.32 Å². The number of hydrogen-bond acceptors (Lipinski definition) is 1. The summed E-state index contributed by atoms with van der Waals surface area (Å²) in [6.45, 7) is 0. The highest BCUT2D eigenvalue weighted by Gasteiger charge is 2.18. The summed E-state index contributed by atoms with van der Waals surface area (Å²) in [6.07, 6.45) is 4.10. The highest BCUT2D eigenvalue weighted by atomic mass is 31.0. The first-order valence-corrected chi connectivity index (χ1v) is 3.92. The predicted octanol–water partition coefficient (Wildman–Crippen LogP) is 1.00. The Morgan fingerprint density at radius 1 is 1.50 bits per heavy atom.